The summed E-state index contributed by atoms with van der Waals surface area (Å²) in [6.07, 6.45) is 12.5. The highest BCUT2D eigenvalue weighted by Gasteiger charge is 2.41. The molecule has 1 aliphatic heterocycles. The third kappa shape index (κ3) is 12.4. The molecule has 0 radical (unpaired) electrons. The van der Waals surface area contributed by atoms with Crippen LogP contribution in [-0.2, 0) is 23.7 Å². The van der Waals surface area contributed by atoms with Crippen molar-refractivity contribution in [3.05, 3.63) is 49.1 Å². The maximum Gasteiger partial charge on any atom is 0.404 e. The standard InChI is InChI=1S/C33H55NO8/c1-9-10-15-23(4)30(42-33(34)38)24(5)27(35)18-13-11-16-21(2)29(36)22(3)17-12-14-19-28-25(6)31(40-20-39-8)26(7)32(37)41-28/h9-12,15-17,21-31,35-36H,1,13-14,18-20H2,2-8H3,(H2,34,38)/b15-10-,16-11-,17-12-/t21-,22-,23-,24-,25-,26+,27+,28-,29+,30-,31-/m0/s1. The van der Waals surface area contributed by atoms with Crippen molar-refractivity contribution in [1.29, 1.82) is 0 Å². The molecule has 1 fully saturated rings. The number of hydrogen-bond acceptors (Lipinski definition) is 8. The molecule has 0 aliphatic carbocycles. The van der Waals surface area contributed by atoms with Crippen molar-refractivity contribution in [2.75, 3.05) is 13.9 Å². The fourth-order valence-corrected chi connectivity index (χ4v) is 5.46. The van der Waals surface area contributed by atoms with Gasteiger partial charge in [-0.3, -0.25) is 4.79 Å². The van der Waals surface area contributed by atoms with Crippen LogP contribution in [0.2, 0.25) is 0 Å². The molecular weight excluding hydrogens is 538 g/mol. The first-order valence-electron chi connectivity index (χ1n) is 15.1. The molecular formula is C33H55NO8. The van der Waals surface area contributed by atoms with Crippen LogP contribution in [0.5, 0.6) is 0 Å². The maximum atomic E-state index is 12.3. The number of cyclic esters (lactones) is 1. The molecule has 0 aromatic heterocycles. The number of hydrogen-bond donors (Lipinski definition) is 3. The number of nitrogens with two attached hydrogens (primary N) is 1. The van der Waals surface area contributed by atoms with E-state index in [0.29, 0.717) is 25.7 Å². The Balaban J connectivity index is 2.55. The number of ether oxygens (including phenoxy) is 4. The normalized spacial score (nSPS) is 26.5. The molecule has 1 rings (SSSR count). The largest absolute Gasteiger partial charge is 0.462 e. The molecule has 42 heavy (non-hydrogen) atoms. The number of carbonyl (C=O) groups is 2. The lowest BCUT2D eigenvalue weighted by Gasteiger charge is -2.38. The molecule has 1 heterocycles. The third-order valence-corrected chi connectivity index (χ3v) is 8.27. The summed E-state index contributed by atoms with van der Waals surface area (Å²) in [6.45, 7) is 15.3. The molecule has 1 aliphatic rings. The second kappa shape index (κ2) is 19.7. The van der Waals surface area contributed by atoms with Gasteiger partial charge in [-0.2, -0.15) is 0 Å². The van der Waals surface area contributed by atoms with Gasteiger partial charge in [-0.25, -0.2) is 4.79 Å². The Morgan fingerprint density at radius 2 is 1.67 bits per heavy atom. The van der Waals surface area contributed by atoms with E-state index >= 15 is 0 Å². The number of rotatable bonds is 19. The van der Waals surface area contributed by atoms with Gasteiger partial charge in [-0.05, 0) is 32.6 Å². The Kier molecular flexibility index (Phi) is 17.6. The molecule has 9 heteroatoms. The lowest BCUT2D eigenvalue weighted by atomic mass is 9.84. The van der Waals surface area contributed by atoms with Crippen molar-refractivity contribution in [3.63, 3.8) is 0 Å². The monoisotopic (exact) mass is 593 g/mol. The summed E-state index contributed by atoms with van der Waals surface area (Å²) in [5.74, 6) is -1.16. The van der Waals surface area contributed by atoms with E-state index in [2.05, 4.69) is 6.58 Å². The van der Waals surface area contributed by atoms with Crippen molar-refractivity contribution in [2.24, 2.45) is 41.2 Å². The van der Waals surface area contributed by atoms with Gasteiger partial charge in [-0.1, -0.05) is 83.7 Å². The predicted molar refractivity (Wildman–Crippen MR) is 164 cm³/mol. The Hall–Kier alpha value is -2.46. The fourth-order valence-electron chi connectivity index (χ4n) is 5.46. The summed E-state index contributed by atoms with van der Waals surface area (Å²) in [5.41, 5.74) is 5.26. The Bertz CT molecular complexity index is 902. The summed E-state index contributed by atoms with van der Waals surface area (Å²) in [4.78, 5) is 23.7. The van der Waals surface area contributed by atoms with E-state index in [-0.39, 0.29) is 60.5 Å². The van der Waals surface area contributed by atoms with E-state index < -0.39 is 24.4 Å². The molecule has 0 unspecified atom stereocenters. The number of amides is 1. The summed E-state index contributed by atoms with van der Waals surface area (Å²) in [5, 5.41) is 21.6. The molecule has 1 amide bonds. The summed E-state index contributed by atoms with van der Waals surface area (Å²) >= 11 is 0. The van der Waals surface area contributed by atoms with Gasteiger partial charge in [0.05, 0.1) is 24.2 Å². The van der Waals surface area contributed by atoms with Crippen LogP contribution < -0.4 is 5.73 Å². The number of aliphatic hydroxyl groups is 2. The van der Waals surface area contributed by atoms with Crippen LogP contribution in [0.25, 0.3) is 0 Å². The zero-order chi connectivity index (χ0) is 31.8. The van der Waals surface area contributed by atoms with Gasteiger partial charge in [0.2, 0.25) is 0 Å². The average molecular weight is 594 g/mol. The highest BCUT2D eigenvalue weighted by molar-refractivity contribution is 5.73. The van der Waals surface area contributed by atoms with Crippen molar-refractivity contribution in [3.8, 4) is 0 Å². The van der Waals surface area contributed by atoms with Crippen LogP contribution in [0.3, 0.4) is 0 Å². The number of allylic oxidation sites excluding steroid dienone is 4. The minimum absolute atomic E-state index is 0.0509. The van der Waals surface area contributed by atoms with Crippen molar-refractivity contribution < 1.29 is 38.7 Å². The van der Waals surface area contributed by atoms with Gasteiger partial charge in [0.25, 0.3) is 0 Å². The average Bonchev–Trinajstić information content (AvgIpc) is 2.96. The van der Waals surface area contributed by atoms with Crippen LogP contribution in [0, 0.1) is 35.5 Å². The van der Waals surface area contributed by atoms with E-state index in [1.807, 2.05) is 71.9 Å². The van der Waals surface area contributed by atoms with Gasteiger partial charge in [0.1, 0.15) is 19.0 Å². The Morgan fingerprint density at radius 1 is 1.05 bits per heavy atom. The minimum Gasteiger partial charge on any atom is -0.462 e. The van der Waals surface area contributed by atoms with Gasteiger partial charge in [0.15, 0.2) is 0 Å². The maximum absolute atomic E-state index is 12.3. The van der Waals surface area contributed by atoms with Crippen LogP contribution >= 0.6 is 0 Å². The molecule has 0 aromatic rings. The SMILES string of the molecule is C=C/C=C\[C@H](C)[C@H](OC(N)=O)[C@@H](C)[C@H](O)CC/C=C\[C@H](C)[C@@H](O)[C@@H](C)/C=C\CC[C@@H]1OC(=O)[C@H](C)[C@@H](OCOC)[C@H]1C. The minimum atomic E-state index is -0.869. The van der Waals surface area contributed by atoms with Crippen LogP contribution in [0.15, 0.2) is 49.1 Å². The first-order chi connectivity index (χ1) is 19.8. The topological polar surface area (TPSA) is 138 Å². The number of esters is 1. The van der Waals surface area contributed by atoms with E-state index in [0.717, 1.165) is 0 Å². The summed E-state index contributed by atoms with van der Waals surface area (Å²) in [6, 6.07) is 0. The third-order valence-electron chi connectivity index (χ3n) is 8.27. The van der Waals surface area contributed by atoms with Crippen LogP contribution in [-0.4, -0.2) is 66.7 Å². The first-order valence-corrected chi connectivity index (χ1v) is 15.1. The first kappa shape index (κ1) is 37.6. The lowest BCUT2D eigenvalue weighted by Crippen LogP contribution is -2.48. The molecule has 1 saturated heterocycles. The van der Waals surface area contributed by atoms with Gasteiger partial charge in [-0.15, -0.1) is 0 Å². The number of primary amides is 1. The fraction of sp³-hybridized carbons (Fsp3) is 0.697. The lowest BCUT2D eigenvalue weighted by molar-refractivity contribution is -0.194. The van der Waals surface area contributed by atoms with Gasteiger partial charge < -0.3 is 34.9 Å². The van der Waals surface area contributed by atoms with E-state index in [9.17, 15) is 19.8 Å². The summed E-state index contributed by atoms with van der Waals surface area (Å²) < 4.78 is 21.7. The molecule has 0 bridgehead atoms. The molecule has 11 atom stereocenters. The van der Waals surface area contributed by atoms with Crippen molar-refractivity contribution >= 4 is 12.1 Å². The predicted octanol–water partition coefficient (Wildman–Crippen LogP) is 5.32. The smallest absolute Gasteiger partial charge is 0.404 e. The molecule has 0 saturated carbocycles. The molecule has 240 valence electrons. The second-order valence-corrected chi connectivity index (χ2v) is 11.7. The zero-order valence-electron chi connectivity index (χ0n) is 26.6. The van der Waals surface area contributed by atoms with E-state index in [4.69, 9.17) is 24.7 Å². The molecule has 0 aromatic carbocycles. The Labute approximate surface area is 252 Å². The van der Waals surface area contributed by atoms with Crippen molar-refractivity contribution in [1.82, 2.24) is 0 Å². The Morgan fingerprint density at radius 3 is 2.24 bits per heavy atom. The van der Waals surface area contributed by atoms with E-state index in [1.54, 1.807) is 19.3 Å². The second-order valence-electron chi connectivity index (χ2n) is 11.7. The number of carbonyl (C=O) groups excluding carboxylic acids is 2. The molecule has 4 N–H and O–H groups in total. The zero-order valence-corrected chi connectivity index (χ0v) is 26.6. The highest BCUT2D eigenvalue weighted by Crippen LogP contribution is 2.31. The van der Waals surface area contributed by atoms with Crippen LogP contribution in [0.1, 0.15) is 67.2 Å². The highest BCUT2D eigenvalue weighted by atomic mass is 16.7. The van der Waals surface area contributed by atoms with Crippen molar-refractivity contribution in [2.45, 2.75) is 97.7 Å². The number of aliphatic hydroxyl groups excluding tert-OH is 2. The van der Waals surface area contributed by atoms with Gasteiger partial charge in [0, 0.05) is 36.7 Å². The quantitative estimate of drug-likeness (QED) is 0.0792. The summed E-state index contributed by atoms with van der Waals surface area (Å²) in [7, 11) is 1.56. The molecule has 0 spiro atoms. The number of methoxy groups -OCH3 is 1. The van der Waals surface area contributed by atoms with Crippen LogP contribution in [0.4, 0.5) is 4.79 Å². The van der Waals surface area contributed by atoms with Gasteiger partial charge >= 0.3 is 12.1 Å². The molecule has 9 nitrogen and oxygen atoms in total. The van der Waals surface area contributed by atoms with E-state index in [1.165, 1.54) is 0 Å².